The molecule has 5 aromatic rings. The van der Waals surface area contributed by atoms with Gasteiger partial charge in [0, 0.05) is 36.5 Å². The van der Waals surface area contributed by atoms with Crippen LogP contribution in [-0.4, -0.2) is 44.9 Å². The van der Waals surface area contributed by atoms with Gasteiger partial charge in [-0.2, -0.15) is 10.2 Å². The van der Waals surface area contributed by atoms with E-state index in [1.165, 1.54) is 0 Å². The molecule has 0 radical (unpaired) electrons. The lowest BCUT2D eigenvalue weighted by Gasteiger charge is -2.22. The van der Waals surface area contributed by atoms with Crippen molar-refractivity contribution < 1.29 is 4.79 Å². The molecule has 0 aliphatic heterocycles. The van der Waals surface area contributed by atoms with Crippen molar-refractivity contribution in [2.75, 3.05) is 5.32 Å². The molecular formula is C23H23N9O. The maximum atomic E-state index is 12.1. The molecule has 1 aliphatic carbocycles. The Hall–Kier alpha value is -4.08. The van der Waals surface area contributed by atoms with Gasteiger partial charge in [-0.3, -0.25) is 13.9 Å². The summed E-state index contributed by atoms with van der Waals surface area (Å²) < 4.78 is 5.48. The Labute approximate surface area is 189 Å². The van der Waals surface area contributed by atoms with Crippen LogP contribution in [0.3, 0.4) is 0 Å². The molecule has 0 atom stereocenters. The van der Waals surface area contributed by atoms with Crippen molar-refractivity contribution in [2.45, 2.75) is 32.1 Å². The number of pyridine rings is 1. The zero-order chi connectivity index (χ0) is 22.7. The Bertz CT molecular complexity index is 1520. The van der Waals surface area contributed by atoms with E-state index in [-0.39, 0.29) is 11.8 Å². The Kier molecular flexibility index (Phi) is 4.13. The fourth-order valence-electron chi connectivity index (χ4n) is 4.02. The molecule has 1 N–H and O–H groups in total. The van der Waals surface area contributed by atoms with Crippen LogP contribution >= 0.6 is 0 Å². The highest BCUT2D eigenvalue weighted by atomic mass is 16.2. The number of aromatic nitrogens is 8. The van der Waals surface area contributed by atoms with Crippen molar-refractivity contribution in [1.29, 1.82) is 0 Å². The van der Waals surface area contributed by atoms with E-state index in [1.807, 2.05) is 54.3 Å². The van der Waals surface area contributed by atoms with Gasteiger partial charge >= 0.3 is 0 Å². The molecule has 0 saturated heterocycles. The monoisotopic (exact) mass is 441 g/mol. The van der Waals surface area contributed by atoms with Crippen molar-refractivity contribution in [1.82, 2.24) is 39.0 Å². The topological polar surface area (TPSA) is 107 Å². The van der Waals surface area contributed by atoms with Crippen LogP contribution in [0.2, 0.25) is 0 Å². The first-order valence-electron chi connectivity index (χ1n) is 10.9. The summed E-state index contributed by atoms with van der Waals surface area (Å²) in [6, 6.07) is 7.82. The number of fused-ring (bicyclic) bond motifs is 2. The van der Waals surface area contributed by atoms with Gasteiger partial charge in [0.05, 0.1) is 23.5 Å². The first kappa shape index (κ1) is 19.6. The summed E-state index contributed by atoms with van der Waals surface area (Å²) in [4.78, 5) is 16.6. The number of carbonyl (C=O) groups is 1. The van der Waals surface area contributed by atoms with Crippen LogP contribution in [-0.2, 0) is 17.3 Å². The van der Waals surface area contributed by atoms with Crippen LogP contribution in [0.5, 0.6) is 0 Å². The molecule has 1 saturated carbocycles. The minimum atomic E-state index is -0.539. The van der Waals surface area contributed by atoms with Gasteiger partial charge in [-0.25, -0.2) is 9.50 Å². The van der Waals surface area contributed by atoms with Crippen molar-refractivity contribution in [2.24, 2.45) is 13.0 Å². The lowest BCUT2D eigenvalue weighted by Crippen LogP contribution is -2.25. The van der Waals surface area contributed by atoms with Gasteiger partial charge in [0.2, 0.25) is 5.91 Å². The second-order valence-corrected chi connectivity index (χ2v) is 9.11. The van der Waals surface area contributed by atoms with Gasteiger partial charge in [-0.05, 0) is 51.0 Å². The molecule has 1 aliphatic rings. The Morgan fingerprint density at radius 1 is 1.03 bits per heavy atom. The third kappa shape index (κ3) is 3.34. The molecule has 1 fully saturated rings. The van der Waals surface area contributed by atoms with E-state index in [0.717, 1.165) is 41.1 Å². The minimum absolute atomic E-state index is 0.0262. The number of nitrogens with one attached hydrogen (secondary N) is 1. The van der Waals surface area contributed by atoms with E-state index in [4.69, 9.17) is 5.10 Å². The first-order chi connectivity index (χ1) is 15.9. The van der Waals surface area contributed by atoms with E-state index in [2.05, 4.69) is 39.4 Å². The first-order valence-corrected chi connectivity index (χ1v) is 10.9. The average Bonchev–Trinajstić information content (AvgIpc) is 3.22. The number of amides is 1. The molecule has 0 aromatic carbocycles. The summed E-state index contributed by atoms with van der Waals surface area (Å²) >= 11 is 0. The van der Waals surface area contributed by atoms with Crippen molar-refractivity contribution in [3.63, 3.8) is 0 Å². The highest BCUT2D eigenvalue weighted by Gasteiger charge is 2.32. The number of hydrogen-bond donors (Lipinski definition) is 1. The summed E-state index contributed by atoms with van der Waals surface area (Å²) in [7, 11) is 1.90. The van der Waals surface area contributed by atoms with Crippen LogP contribution in [0.4, 0.5) is 5.82 Å². The second-order valence-electron chi connectivity index (χ2n) is 9.11. The smallest absolute Gasteiger partial charge is 0.228 e. The molecule has 6 rings (SSSR count). The number of aryl methyl sites for hydroxylation is 1. The maximum Gasteiger partial charge on any atom is 0.228 e. The number of carbonyl (C=O) groups excluding carboxylic acids is 1. The molecule has 10 heteroatoms. The van der Waals surface area contributed by atoms with E-state index >= 15 is 0 Å². The Morgan fingerprint density at radius 2 is 1.85 bits per heavy atom. The molecule has 10 nitrogen and oxygen atoms in total. The summed E-state index contributed by atoms with van der Waals surface area (Å²) in [6.07, 6.45) is 9.49. The van der Waals surface area contributed by atoms with E-state index in [0.29, 0.717) is 11.5 Å². The highest BCUT2D eigenvalue weighted by molar-refractivity contribution is 5.93. The lowest BCUT2D eigenvalue weighted by atomic mass is 9.88. The van der Waals surface area contributed by atoms with Crippen molar-refractivity contribution in [3.05, 3.63) is 60.6 Å². The summed E-state index contributed by atoms with van der Waals surface area (Å²) in [5.74, 6) is 1.44. The molecule has 0 spiro atoms. The largest absolute Gasteiger partial charge is 0.309 e. The predicted octanol–water partition coefficient (Wildman–Crippen LogP) is 2.85. The second kappa shape index (κ2) is 6.96. The van der Waals surface area contributed by atoms with Crippen LogP contribution in [0.25, 0.3) is 22.4 Å². The fraction of sp³-hybridized carbons (Fsp3) is 0.304. The molecular weight excluding hydrogens is 418 g/mol. The molecule has 33 heavy (non-hydrogen) atoms. The van der Waals surface area contributed by atoms with Gasteiger partial charge in [-0.1, -0.05) is 0 Å². The number of anilines is 1. The van der Waals surface area contributed by atoms with Crippen LogP contribution in [0.15, 0.2) is 49.1 Å². The van der Waals surface area contributed by atoms with Crippen molar-refractivity contribution in [3.8, 4) is 11.1 Å². The molecule has 0 unspecified atom stereocenters. The van der Waals surface area contributed by atoms with E-state index < -0.39 is 5.41 Å². The molecule has 166 valence electrons. The summed E-state index contributed by atoms with van der Waals surface area (Å²) in [6.45, 7) is 4.14. The number of imidazole rings is 1. The third-order valence-electron chi connectivity index (χ3n) is 6.16. The Morgan fingerprint density at radius 3 is 2.61 bits per heavy atom. The number of rotatable bonds is 5. The van der Waals surface area contributed by atoms with Crippen LogP contribution < -0.4 is 5.32 Å². The number of nitrogens with zero attached hydrogens (tertiary/aromatic N) is 8. The maximum absolute atomic E-state index is 12.1. The Balaban J connectivity index is 1.38. The van der Waals surface area contributed by atoms with Gasteiger partial charge < -0.3 is 5.32 Å². The third-order valence-corrected chi connectivity index (χ3v) is 6.16. The normalized spacial score (nSPS) is 14.3. The fourth-order valence-corrected chi connectivity index (χ4v) is 4.02. The zero-order valence-corrected chi connectivity index (χ0v) is 18.6. The van der Waals surface area contributed by atoms with E-state index in [1.54, 1.807) is 15.4 Å². The van der Waals surface area contributed by atoms with Gasteiger partial charge in [-0.15, -0.1) is 10.2 Å². The molecule has 5 heterocycles. The van der Waals surface area contributed by atoms with E-state index in [9.17, 15) is 4.79 Å². The molecule has 1 amide bonds. The van der Waals surface area contributed by atoms with Gasteiger partial charge in [0.25, 0.3) is 0 Å². The predicted molar refractivity (Wildman–Crippen MR) is 122 cm³/mol. The quantitative estimate of drug-likeness (QED) is 0.449. The number of hydrogen-bond acceptors (Lipinski definition) is 6. The van der Waals surface area contributed by atoms with Crippen LogP contribution in [0, 0.1) is 5.92 Å². The SMILES string of the molecule is Cn1cc(-c2ccc3nnc(C(C)(C)c4ccc5nc(NC(=O)C6CC6)cn5n4)n3c2)cn1. The lowest BCUT2D eigenvalue weighted by molar-refractivity contribution is -0.117. The van der Waals surface area contributed by atoms with Crippen LogP contribution in [0.1, 0.15) is 38.2 Å². The minimum Gasteiger partial charge on any atom is -0.309 e. The average molecular weight is 441 g/mol. The summed E-state index contributed by atoms with van der Waals surface area (Å²) in [5.41, 5.74) is 3.76. The van der Waals surface area contributed by atoms with Gasteiger partial charge in [0.15, 0.2) is 17.1 Å². The highest BCUT2D eigenvalue weighted by Crippen LogP contribution is 2.32. The molecule has 0 bridgehead atoms. The molecule has 5 aromatic heterocycles. The summed E-state index contributed by atoms with van der Waals surface area (Å²) in [5, 5.41) is 20.8. The van der Waals surface area contributed by atoms with Crippen molar-refractivity contribution >= 4 is 23.0 Å². The standard InChI is InChI=1S/C23H23N9O/c1-23(2,17-7-9-19-25-18(13-32(19)29-17)26-21(33)14-4-5-14)22-28-27-20-8-6-15(12-31(20)22)16-10-24-30(3)11-16/h6-14H,4-5H2,1-3H3,(H,26,33). The van der Waals surface area contributed by atoms with Gasteiger partial charge in [0.1, 0.15) is 5.82 Å². The zero-order valence-electron chi connectivity index (χ0n) is 18.6.